The minimum atomic E-state index is -3.25. The van der Waals surface area contributed by atoms with Gasteiger partial charge in [0.15, 0.2) is 0 Å². The van der Waals surface area contributed by atoms with Gasteiger partial charge in [-0.15, -0.1) is 0 Å². The lowest BCUT2D eigenvalue weighted by atomic mass is 10.2. The Labute approximate surface area is 104 Å². The first-order valence-electron chi connectivity index (χ1n) is 6.66. The fourth-order valence-electron chi connectivity index (χ4n) is 2.51. The van der Waals surface area contributed by atoms with E-state index in [0.717, 1.165) is 45.1 Å². The highest BCUT2D eigenvalue weighted by atomic mass is 32.2. The van der Waals surface area contributed by atoms with Crippen LogP contribution in [0, 0.1) is 0 Å². The third-order valence-electron chi connectivity index (χ3n) is 3.58. The zero-order chi connectivity index (χ0) is 12.1. The normalized spacial score (nSPS) is 28.1. The predicted octanol–water partition coefficient (Wildman–Crippen LogP) is 0.449. The minimum Gasteiger partial charge on any atom is -0.313 e. The van der Waals surface area contributed by atoms with E-state index in [2.05, 4.69) is 10.0 Å². The van der Waals surface area contributed by atoms with Gasteiger partial charge in [-0.3, -0.25) is 0 Å². The van der Waals surface area contributed by atoms with Crippen molar-refractivity contribution in [2.75, 3.05) is 26.2 Å². The summed E-state index contributed by atoms with van der Waals surface area (Å²) in [4.78, 5) is 0. The smallest absolute Gasteiger partial charge is 0.279 e. The number of nitrogens with one attached hydrogen (secondary N) is 2. The van der Waals surface area contributed by atoms with Crippen LogP contribution < -0.4 is 10.0 Å². The Morgan fingerprint density at radius 1 is 1.12 bits per heavy atom. The molecule has 2 rings (SSSR count). The highest BCUT2D eigenvalue weighted by molar-refractivity contribution is 7.87. The maximum absolute atomic E-state index is 12.1. The lowest BCUT2D eigenvalue weighted by Crippen LogP contribution is -2.45. The molecule has 5 nitrogen and oxygen atoms in total. The van der Waals surface area contributed by atoms with Crippen LogP contribution in [0.2, 0.25) is 0 Å². The van der Waals surface area contributed by atoms with Gasteiger partial charge in [0.2, 0.25) is 0 Å². The molecule has 2 N–H and O–H groups in total. The quantitative estimate of drug-likeness (QED) is 0.772. The monoisotopic (exact) mass is 261 g/mol. The summed E-state index contributed by atoms with van der Waals surface area (Å²) in [5, 5.41) is 3.30. The van der Waals surface area contributed by atoms with E-state index in [-0.39, 0.29) is 0 Å². The molecule has 6 heteroatoms. The second-order valence-corrected chi connectivity index (χ2v) is 6.72. The van der Waals surface area contributed by atoms with Gasteiger partial charge in [-0.1, -0.05) is 12.8 Å². The molecule has 17 heavy (non-hydrogen) atoms. The van der Waals surface area contributed by atoms with Crippen LogP contribution in [-0.2, 0) is 10.2 Å². The molecule has 1 unspecified atom stereocenters. The molecule has 0 aromatic heterocycles. The van der Waals surface area contributed by atoms with E-state index >= 15 is 0 Å². The molecule has 1 atom stereocenters. The van der Waals surface area contributed by atoms with Crippen molar-refractivity contribution in [1.29, 1.82) is 0 Å². The first kappa shape index (κ1) is 13.3. The van der Waals surface area contributed by atoms with Crippen LogP contribution in [0.25, 0.3) is 0 Å². The zero-order valence-electron chi connectivity index (χ0n) is 10.3. The van der Waals surface area contributed by atoms with Crippen molar-refractivity contribution in [2.45, 2.75) is 44.6 Å². The standard InChI is InChI=1S/C11H23N3O2S/c15-17(16,13-10-11-6-5-7-12-11)14-8-3-1-2-4-9-14/h11-13H,1-10H2. The Kier molecular flexibility index (Phi) is 4.78. The molecular formula is C11H23N3O2S. The van der Waals surface area contributed by atoms with Crippen LogP contribution in [0.3, 0.4) is 0 Å². The van der Waals surface area contributed by atoms with E-state index in [1.165, 1.54) is 0 Å². The van der Waals surface area contributed by atoms with Gasteiger partial charge in [-0.25, -0.2) is 4.72 Å². The van der Waals surface area contributed by atoms with Gasteiger partial charge < -0.3 is 5.32 Å². The topological polar surface area (TPSA) is 61.4 Å². The van der Waals surface area contributed by atoms with Crippen LogP contribution in [0.1, 0.15) is 38.5 Å². The molecule has 2 heterocycles. The maximum atomic E-state index is 12.1. The van der Waals surface area contributed by atoms with Gasteiger partial charge in [-0.05, 0) is 32.2 Å². The van der Waals surface area contributed by atoms with E-state index < -0.39 is 10.2 Å². The van der Waals surface area contributed by atoms with Crippen molar-refractivity contribution < 1.29 is 8.42 Å². The molecule has 0 aromatic rings. The second-order valence-electron chi connectivity index (χ2n) is 4.96. The molecule has 2 aliphatic rings. The average Bonchev–Trinajstić information content (AvgIpc) is 2.66. The van der Waals surface area contributed by atoms with Crippen molar-refractivity contribution in [3.63, 3.8) is 0 Å². The summed E-state index contributed by atoms with van der Waals surface area (Å²) in [5.74, 6) is 0. The summed E-state index contributed by atoms with van der Waals surface area (Å²) in [6.07, 6.45) is 6.50. The highest BCUT2D eigenvalue weighted by Crippen LogP contribution is 2.12. The minimum absolute atomic E-state index is 0.316. The molecule has 2 fully saturated rings. The summed E-state index contributed by atoms with van der Waals surface area (Å²) in [6, 6.07) is 0.316. The largest absolute Gasteiger partial charge is 0.313 e. The Balaban J connectivity index is 1.83. The van der Waals surface area contributed by atoms with E-state index in [1.807, 2.05) is 0 Å². The third-order valence-corrected chi connectivity index (χ3v) is 5.16. The van der Waals surface area contributed by atoms with Crippen LogP contribution >= 0.6 is 0 Å². The molecule has 0 aromatic carbocycles. The first-order valence-corrected chi connectivity index (χ1v) is 8.10. The zero-order valence-corrected chi connectivity index (χ0v) is 11.1. The van der Waals surface area contributed by atoms with E-state index in [0.29, 0.717) is 25.7 Å². The Morgan fingerprint density at radius 2 is 1.82 bits per heavy atom. The number of hydrogen-bond acceptors (Lipinski definition) is 3. The van der Waals surface area contributed by atoms with Crippen molar-refractivity contribution in [3.8, 4) is 0 Å². The average molecular weight is 261 g/mol. The maximum Gasteiger partial charge on any atom is 0.279 e. The van der Waals surface area contributed by atoms with Crippen LogP contribution in [0.15, 0.2) is 0 Å². The van der Waals surface area contributed by atoms with E-state index in [1.54, 1.807) is 4.31 Å². The molecule has 0 spiro atoms. The molecule has 0 aliphatic carbocycles. The molecular weight excluding hydrogens is 238 g/mol. The van der Waals surface area contributed by atoms with Crippen molar-refractivity contribution in [1.82, 2.24) is 14.3 Å². The van der Waals surface area contributed by atoms with Gasteiger partial charge in [0.25, 0.3) is 10.2 Å². The number of rotatable bonds is 4. The van der Waals surface area contributed by atoms with Crippen LogP contribution in [0.4, 0.5) is 0 Å². The highest BCUT2D eigenvalue weighted by Gasteiger charge is 2.24. The fourth-order valence-corrected chi connectivity index (χ4v) is 3.84. The Morgan fingerprint density at radius 3 is 2.41 bits per heavy atom. The lowest BCUT2D eigenvalue weighted by molar-refractivity contribution is 0.411. The summed E-state index contributed by atoms with van der Waals surface area (Å²) < 4.78 is 28.5. The van der Waals surface area contributed by atoms with E-state index in [4.69, 9.17) is 0 Å². The van der Waals surface area contributed by atoms with Crippen LogP contribution in [-0.4, -0.2) is 44.9 Å². The van der Waals surface area contributed by atoms with Gasteiger partial charge in [-0.2, -0.15) is 12.7 Å². The summed E-state index contributed by atoms with van der Waals surface area (Å²) in [5.41, 5.74) is 0. The summed E-state index contributed by atoms with van der Waals surface area (Å²) in [6.45, 7) is 2.88. The van der Waals surface area contributed by atoms with Crippen LogP contribution in [0.5, 0.6) is 0 Å². The second kappa shape index (κ2) is 6.13. The summed E-state index contributed by atoms with van der Waals surface area (Å²) >= 11 is 0. The molecule has 0 radical (unpaired) electrons. The van der Waals surface area contributed by atoms with Gasteiger partial charge >= 0.3 is 0 Å². The van der Waals surface area contributed by atoms with E-state index in [9.17, 15) is 8.42 Å². The first-order chi connectivity index (χ1) is 8.18. The molecule has 2 aliphatic heterocycles. The fraction of sp³-hybridized carbons (Fsp3) is 1.00. The lowest BCUT2D eigenvalue weighted by Gasteiger charge is -2.21. The number of hydrogen-bond donors (Lipinski definition) is 2. The van der Waals surface area contributed by atoms with Crippen molar-refractivity contribution >= 4 is 10.2 Å². The molecule has 0 bridgehead atoms. The van der Waals surface area contributed by atoms with Gasteiger partial charge in [0.1, 0.15) is 0 Å². The van der Waals surface area contributed by atoms with Crippen molar-refractivity contribution in [2.24, 2.45) is 0 Å². The van der Waals surface area contributed by atoms with Gasteiger partial charge in [0, 0.05) is 25.7 Å². The molecule has 0 saturated carbocycles. The summed E-state index contributed by atoms with van der Waals surface area (Å²) in [7, 11) is -3.25. The Bertz CT molecular complexity index is 318. The third kappa shape index (κ3) is 3.91. The van der Waals surface area contributed by atoms with Gasteiger partial charge in [0.05, 0.1) is 0 Å². The predicted molar refractivity (Wildman–Crippen MR) is 68.0 cm³/mol. The molecule has 0 amide bonds. The van der Waals surface area contributed by atoms with Crippen molar-refractivity contribution in [3.05, 3.63) is 0 Å². The molecule has 2 saturated heterocycles. The SMILES string of the molecule is O=S(=O)(NCC1CCCN1)N1CCCCCC1. The number of nitrogens with zero attached hydrogens (tertiary/aromatic N) is 1. The Hall–Kier alpha value is -0.170. The molecule has 100 valence electrons.